The molecule has 2 N–H and O–H groups in total. The summed E-state index contributed by atoms with van der Waals surface area (Å²) in [6.07, 6.45) is 1.08. The normalized spacial score (nSPS) is 12.4. The standard InChI is InChI=1S/C11H17NO2S2/c1-3-8-4-5-9(16-8)6-15-7-10(12)11(13)14-2/h4-5,10H,3,6-7,12H2,1-2H3. The van der Waals surface area contributed by atoms with Gasteiger partial charge in [0.05, 0.1) is 7.11 Å². The molecule has 0 bridgehead atoms. The highest BCUT2D eigenvalue weighted by atomic mass is 32.2. The van der Waals surface area contributed by atoms with Crippen LogP contribution in [0.2, 0.25) is 0 Å². The zero-order chi connectivity index (χ0) is 12.0. The molecule has 90 valence electrons. The molecule has 0 aromatic carbocycles. The molecule has 0 amide bonds. The van der Waals surface area contributed by atoms with E-state index in [-0.39, 0.29) is 5.97 Å². The Bertz CT molecular complexity index is 338. The lowest BCUT2D eigenvalue weighted by atomic mass is 10.4. The second-order valence-electron chi connectivity index (χ2n) is 3.37. The number of carbonyl (C=O) groups excluding carboxylic acids is 1. The Hall–Kier alpha value is -0.520. The van der Waals surface area contributed by atoms with Crippen LogP contribution in [0.4, 0.5) is 0 Å². The molecule has 1 unspecified atom stereocenters. The molecule has 1 heterocycles. The van der Waals surface area contributed by atoms with Crippen LogP contribution in [-0.2, 0) is 21.7 Å². The Morgan fingerprint density at radius 1 is 1.56 bits per heavy atom. The van der Waals surface area contributed by atoms with Gasteiger partial charge in [0, 0.05) is 21.3 Å². The molecule has 0 spiro atoms. The lowest BCUT2D eigenvalue weighted by Gasteiger charge is -2.07. The van der Waals surface area contributed by atoms with Crippen LogP contribution in [-0.4, -0.2) is 24.9 Å². The van der Waals surface area contributed by atoms with Gasteiger partial charge in [-0.05, 0) is 18.6 Å². The minimum absolute atomic E-state index is 0.340. The van der Waals surface area contributed by atoms with Crippen molar-refractivity contribution < 1.29 is 9.53 Å². The Kier molecular flexibility index (Phi) is 5.87. The summed E-state index contributed by atoms with van der Waals surface area (Å²) in [7, 11) is 1.36. The molecular weight excluding hydrogens is 242 g/mol. The van der Waals surface area contributed by atoms with Gasteiger partial charge in [-0.1, -0.05) is 6.92 Å². The number of thiophene rings is 1. The highest BCUT2D eigenvalue weighted by Crippen LogP contribution is 2.22. The molecule has 0 aliphatic heterocycles. The van der Waals surface area contributed by atoms with Crippen molar-refractivity contribution in [2.75, 3.05) is 12.9 Å². The molecule has 16 heavy (non-hydrogen) atoms. The second-order valence-corrected chi connectivity index (χ2v) is 5.65. The highest BCUT2D eigenvalue weighted by Gasteiger charge is 2.13. The zero-order valence-corrected chi connectivity index (χ0v) is 11.2. The van der Waals surface area contributed by atoms with Crippen molar-refractivity contribution in [1.29, 1.82) is 0 Å². The van der Waals surface area contributed by atoms with Crippen LogP contribution < -0.4 is 5.73 Å². The maximum atomic E-state index is 11.0. The van der Waals surface area contributed by atoms with E-state index < -0.39 is 6.04 Å². The van der Waals surface area contributed by atoms with E-state index >= 15 is 0 Å². The van der Waals surface area contributed by atoms with Crippen molar-refractivity contribution in [2.24, 2.45) is 5.73 Å². The number of thioether (sulfide) groups is 1. The summed E-state index contributed by atoms with van der Waals surface area (Å²) in [6, 6.07) is 3.78. The van der Waals surface area contributed by atoms with Gasteiger partial charge < -0.3 is 10.5 Å². The fraction of sp³-hybridized carbons (Fsp3) is 0.545. The minimum Gasteiger partial charge on any atom is -0.468 e. The molecule has 1 atom stereocenters. The van der Waals surface area contributed by atoms with Gasteiger partial charge >= 0.3 is 5.97 Å². The fourth-order valence-corrected chi connectivity index (χ4v) is 3.24. The summed E-state index contributed by atoms with van der Waals surface area (Å²) >= 11 is 3.49. The summed E-state index contributed by atoms with van der Waals surface area (Å²) < 4.78 is 4.56. The van der Waals surface area contributed by atoms with Crippen LogP contribution in [0, 0.1) is 0 Å². The van der Waals surface area contributed by atoms with Crippen molar-refractivity contribution >= 4 is 29.1 Å². The van der Waals surface area contributed by atoms with Crippen molar-refractivity contribution in [3.63, 3.8) is 0 Å². The molecule has 0 aliphatic rings. The van der Waals surface area contributed by atoms with Gasteiger partial charge in [0.25, 0.3) is 0 Å². The molecule has 1 aromatic heterocycles. The average molecular weight is 259 g/mol. The molecule has 0 saturated heterocycles. The molecule has 5 heteroatoms. The van der Waals surface area contributed by atoms with E-state index in [1.165, 1.54) is 16.9 Å². The molecule has 1 rings (SSSR count). The first kappa shape index (κ1) is 13.5. The first-order chi connectivity index (χ1) is 7.67. The van der Waals surface area contributed by atoms with Gasteiger partial charge in [-0.15, -0.1) is 11.3 Å². The minimum atomic E-state index is -0.513. The molecule has 0 saturated carbocycles. The van der Waals surface area contributed by atoms with Gasteiger partial charge in [0.15, 0.2) is 0 Å². The van der Waals surface area contributed by atoms with E-state index in [4.69, 9.17) is 5.73 Å². The maximum absolute atomic E-state index is 11.0. The largest absolute Gasteiger partial charge is 0.468 e. The number of carbonyl (C=O) groups is 1. The van der Waals surface area contributed by atoms with E-state index in [0.717, 1.165) is 12.2 Å². The van der Waals surface area contributed by atoms with Crippen LogP contribution in [0.5, 0.6) is 0 Å². The Balaban J connectivity index is 2.27. The molecule has 1 aromatic rings. The Labute approximate surface area is 104 Å². The number of nitrogens with two attached hydrogens (primary N) is 1. The number of esters is 1. The Morgan fingerprint density at radius 2 is 2.25 bits per heavy atom. The van der Waals surface area contributed by atoms with Crippen molar-refractivity contribution in [3.05, 3.63) is 21.9 Å². The van der Waals surface area contributed by atoms with E-state index in [9.17, 15) is 4.79 Å². The number of hydrogen-bond acceptors (Lipinski definition) is 5. The van der Waals surface area contributed by atoms with Crippen molar-refractivity contribution in [2.45, 2.75) is 25.1 Å². The van der Waals surface area contributed by atoms with Crippen LogP contribution in [0.15, 0.2) is 12.1 Å². The predicted molar refractivity (Wildman–Crippen MR) is 69.9 cm³/mol. The first-order valence-corrected chi connectivity index (χ1v) is 7.13. The van der Waals surface area contributed by atoms with Crippen molar-refractivity contribution in [1.82, 2.24) is 0 Å². The fourth-order valence-electron chi connectivity index (χ4n) is 1.20. The van der Waals surface area contributed by atoms with E-state index in [1.807, 2.05) is 11.3 Å². The summed E-state index contributed by atoms with van der Waals surface area (Å²) in [5.74, 6) is 1.18. The smallest absolute Gasteiger partial charge is 0.323 e. The first-order valence-electron chi connectivity index (χ1n) is 5.16. The van der Waals surface area contributed by atoms with Crippen LogP contribution >= 0.6 is 23.1 Å². The number of methoxy groups -OCH3 is 1. The highest BCUT2D eigenvalue weighted by molar-refractivity contribution is 7.98. The monoisotopic (exact) mass is 259 g/mol. The summed E-state index contributed by atoms with van der Waals surface area (Å²) in [4.78, 5) is 13.8. The van der Waals surface area contributed by atoms with Gasteiger partial charge in [0.2, 0.25) is 0 Å². The van der Waals surface area contributed by atoms with Gasteiger partial charge in [-0.2, -0.15) is 11.8 Å². The second kappa shape index (κ2) is 6.93. The van der Waals surface area contributed by atoms with Crippen LogP contribution in [0.25, 0.3) is 0 Å². The lowest BCUT2D eigenvalue weighted by Crippen LogP contribution is -2.33. The molecule has 0 aliphatic carbocycles. The SMILES string of the molecule is CCc1ccc(CSCC(N)C(=O)OC)s1. The summed E-state index contributed by atoms with van der Waals surface area (Å²) in [5, 5.41) is 0. The van der Waals surface area contributed by atoms with Crippen LogP contribution in [0.1, 0.15) is 16.7 Å². The van der Waals surface area contributed by atoms with Crippen molar-refractivity contribution in [3.8, 4) is 0 Å². The maximum Gasteiger partial charge on any atom is 0.323 e. The number of rotatable bonds is 6. The third-order valence-electron chi connectivity index (χ3n) is 2.11. The van der Waals surface area contributed by atoms with Crippen LogP contribution in [0.3, 0.4) is 0 Å². The molecule has 0 fully saturated rings. The number of hydrogen-bond donors (Lipinski definition) is 1. The summed E-state index contributed by atoms with van der Waals surface area (Å²) in [5.41, 5.74) is 5.63. The van der Waals surface area contributed by atoms with E-state index in [1.54, 1.807) is 11.8 Å². The van der Waals surface area contributed by atoms with Gasteiger partial charge in [-0.3, -0.25) is 4.79 Å². The molecular formula is C11H17NO2S2. The third-order valence-corrected chi connectivity index (χ3v) is 4.63. The number of ether oxygens (including phenoxy) is 1. The predicted octanol–water partition coefficient (Wildman–Crippen LogP) is 2.04. The van der Waals surface area contributed by atoms with Gasteiger partial charge in [-0.25, -0.2) is 0 Å². The molecule has 0 radical (unpaired) electrons. The zero-order valence-electron chi connectivity index (χ0n) is 9.56. The van der Waals surface area contributed by atoms with E-state index in [2.05, 4.69) is 23.8 Å². The Morgan fingerprint density at radius 3 is 2.81 bits per heavy atom. The van der Waals surface area contributed by atoms with Gasteiger partial charge in [0.1, 0.15) is 6.04 Å². The summed E-state index contributed by atoms with van der Waals surface area (Å²) in [6.45, 7) is 2.15. The molecule has 3 nitrogen and oxygen atoms in total. The third kappa shape index (κ3) is 4.15. The number of aryl methyl sites for hydroxylation is 1. The lowest BCUT2D eigenvalue weighted by molar-refractivity contribution is -0.141. The topological polar surface area (TPSA) is 52.3 Å². The van der Waals surface area contributed by atoms with E-state index in [0.29, 0.717) is 5.75 Å². The quantitative estimate of drug-likeness (QED) is 0.794. The average Bonchev–Trinajstić information content (AvgIpc) is 2.75.